The predicted molar refractivity (Wildman–Crippen MR) is 34.6 cm³/mol. The van der Waals surface area contributed by atoms with Gasteiger partial charge in [-0.2, -0.15) is 0 Å². The molecule has 0 amide bonds. The third-order valence-electron chi connectivity index (χ3n) is 0.504. The molecule has 0 spiro atoms. The van der Waals surface area contributed by atoms with Crippen LogP contribution in [0, 0.1) is 0 Å². The summed E-state index contributed by atoms with van der Waals surface area (Å²) >= 11 is 4.24. The molecule has 0 aliphatic carbocycles. The third kappa shape index (κ3) is 2.47. The van der Waals surface area contributed by atoms with Gasteiger partial charge in [0.25, 0.3) is 0 Å². The van der Waals surface area contributed by atoms with Gasteiger partial charge in [-0.15, -0.1) is 0 Å². The van der Waals surface area contributed by atoms with E-state index in [1.807, 2.05) is 0 Å². The maximum absolute atomic E-state index is 10.3. The molecule has 8 heavy (non-hydrogen) atoms. The summed E-state index contributed by atoms with van der Waals surface area (Å²) in [6, 6.07) is 0. The number of hydrogen-bond acceptors (Lipinski definition) is 3. The summed E-state index contributed by atoms with van der Waals surface area (Å²) in [4.78, 5) is 10.3. The average Bonchev–Trinajstić information content (AvgIpc) is 1.67. The molecule has 0 saturated carbocycles. The molecule has 3 heteroatoms. The van der Waals surface area contributed by atoms with Gasteiger partial charge in [-0.3, -0.25) is 0 Å². The lowest BCUT2D eigenvalue weighted by atomic mass is 10.4. The summed E-state index contributed by atoms with van der Waals surface area (Å²) in [6.45, 7) is 4.89. The van der Waals surface area contributed by atoms with E-state index in [9.17, 15) is 4.79 Å². The number of thiocarbonyl (C=S) groups is 1. The van der Waals surface area contributed by atoms with E-state index in [0.717, 1.165) is 5.55 Å². The lowest BCUT2D eigenvalue weighted by molar-refractivity contribution is -0.130. The first-order chi connectivity index (χ1) is 3.68. The van der Waals surface area contributed by atoms with Gasteiger partial charge >= 0.3 is 5.97 Å². The van der Waals surface area contributed by atoms with Gasteiger partial charge in [0.2, 0.25) is 0 Å². The molecule has 0 atom stereocenters. The summed E-state index contributed by atoms with van der Waals surface area (Å²) in [7, 11) is 0. The van der Waals surface area contributed by atoms with Crippen molar-refractivity contribution in [2.45, 2.75) is 6.92 Å². The van der Waals surface area contributed by atoms with Gasteiger partial charge in [0, 0.05) is 5.57 Å². The fourth-order valence-electron chi connectivity index (χ4n) is 0.144. The molecule has 0 unspecified atom stereocenters. The number of hydrogen-bond donors (Lipinski definition) is 0. The Morgan fingerprint density at radius 3 is 2.50 bits per heavy atom. The summed E-state index contributed by atoms with van der Waals surface area (Å²) in [5, 5.41) is 0. The monoisotopic (exact) mass is 130 g/mol. The standard InChI is InChI=1S/C5H6O2S/c1-4(2)5(6)7-3-8/h3H,1H2,2H3. The zero-order chi connectivity index (χ0) is 6.57. The highest BCUT2D eigenvalue weighted by Crippen LogP contribution is 1.88. The predicted octanol–water partition coefficient (Wildman–Crippen LogP) is 1.06. The molecule has 44 valence electrons. The van der Waals surface area contributed by atoms with Crippen molar-refractivity contribution < 1.29 is 9.53 Å². The quantitative estimate of drug-likeness (QED) is 0.317. The van der Waals surface area contributed by atoms with Crippen LogP contribution >= 0.6 is 12.2 Å². The van der Waals surface area contributed by atoms with Crippen LogP contribution in [0.4, 0.5) is 0 Å². The van der Waals surface area contributed by atoms with Crippen LogP contribution < -0.4 is 0 Å². The van der Waals surface area contributed by atoms with E-state index in [2.05, 4.69) is 23.5 Å². The fourth-order valence-corrected chi connectivity index (χ4v) is 0.232. The molecule has 0 bridgehead atoms. The Morgan fingerprint density at radius 2 is 2.38 bits per heavy atom. The number of esters is 1. The Bertz CT molecular complexity index is 128. The lowest BCUT2D eigenvalue weighted by Gasteiger charge is -1.91. The molecular weight excluding hydrogens is 124 g/mol. The van der Waals surface area contributed by atoms with Crippen molar-refractivity contribution in [1.82, 2.24) is 0 Å². The van der Waals surface area contributed by atoms with E-state index in [1.54, 1.807) is 6.92 Å². The minimum atomic E-state index is -0.472. The van der Waals surface area contributed by atoms with Crippen LogP contribution in [-0.2, 0) is 9.53 Å². The van der Waals surface area contributed by atoms with Crippen molar-refractivity contribution >= 4 is 23.7 Å². The second-order valence-corrected chi connectivity index (χ2v) is 1.47. The minimum absolute atomic E-state index is 0.353. The largest absolute Gasteiger partial charge is 0.419 e. The van der Waals surface area contributed by atoms with Crippen LogP contribution in [0.15, 0.2) is 12.2 Å². The summed E-state index contributed by atoms with van der Waals surface area (Å²) in [6.07, 6.45) is 0. The van der Waals surface area contributed by atoms with Crippen LogP contribution in [0.1, 0.15) is 6.92 Å². The summed E-state index contributed by atoms with van der Waals surface area (Å²) in [5.41, 5.74) is 1.27. The van der Waals surface area contributed by atoms with Crippen molar-refractivity contribution in [1.29, 1.82) is 0 Å². The first-order valence-corrected chi connectivity index (χ1v) is 2.45. The molecular formula is C5H6O2S. The molecule has 0 aliphatic heterocycles. The number of ether oxygens (including phenoxy) is 1. The normalized spacial score (nSPS) is 7.62. The van der Waals surface area contributed by atoms with Gasteiger partial charge in [0.05, 0.1) is 0 Å². The summed E-state index contributed by atoms with van der Waals surface area (Å²) in [5.74, 6) is -0.472. The van der Waals surface area contributed by atoms with Crippen LogP contribution in [0.3, 0.4) is 0 Å². The third-order valence-corrected chi connectivity index (χ3v) is 0.600. The van der Waals surface area contributed by atoms with Crippen molar-refractivity contribution in [3.8, 4) is 0 Å². The molecule has 0 fully saturated rings. The molecule has 0 radical (unpaired) electrons. The van der Waals surface area contributed by atoms with E-state index in [0.29, 0.717) is 5.57 Å². The number of carbonyl (C=O) groups excluding carboxylic acids is 1. The highest BCUT2D eigenvalue weighted by atomic mass is 32.1. The molecule has 0 aromatic heterocycles. The molecule has 0 heterocycles. The van der Waals surface area contributed by atoms with Gasteiger partial charge in [0.15, 0.2) is 5.55 Å². The van der Waals surface area contributed by atoms with Crippen LogP contribution in [0.25, 0.3) is 0 Å². The second kappa shape index (κ2) is 3.32. The SMILES string of the molecule is C=C(C)C(=O)OC=S. The van der Waals surface area contributed by atoms with Crippen molar-refractivity contribution in [2.24, 2.45) is 0 Å². The zero-order valence-corrected chi connectivity index (χ0v) is 5.33. The number of rotatable bonds is 2. The van der Waals surface area contributed by atoms with Gasteiger partial charge < -0.3 is 4.74 Å². The van der Waals surface area contributed by atoms with Gasteiger partial charge in [-0.1, -0.05) is 6.58 Å². The minimum Gasteiger partial charge on any atom is -0.419 e. The molecule has 0 N–H and O–H groups in total. The van der Waals surface area contributed by atoms with Crippen LogP contribution in [-0.4, -0.2) is 11.5 Å². The van der Waals surface area contributed by atoms with Gasteiger partial charge in [-0.25, -0.2) is 4.79 Å². The van der Waals surface area contributed by atoms with E-state index < -0.39 is 5.97 Å². The zero-order valence-electron chi connectivity index (χ0n) is 4.51. The maximum atomic E-state index is 10.3. The Morgan fingerprint density at radius 1 is 1.88 bits per heavy atom. The van der Waals surface area contributed by atoms with Crippen molar-refractivity contribution in [3.05, 3.63) is 12.2 Å². The first kappa shape index (κ1) is 7.30. The molecule has 2 nitrogen and oxygen atoms in total. The highest BCUT2D eigenvalue weighted by molar-refractivity contribution is 7.78. The first-order valence-electron chi connectivity index (χ1n) is 1.98. The molecule has 0 aliphatic rings. The topological polar surface area (TPSA) is 26.3 Å². The fraction of sp³-hybridized carbons (Fsp3) is 0.200. The lowest BCUT2D eigenvalue weighted by Crippen LogP contribution is -2.01. The van der Waals surface area contributed by atoms with E-state index >= 15 is 0 Å². The average molecular weight is 130 g/mol. The molecule has 0 aromatic carbocycles. The highest BCUT2D eigenvalue weighted by Gasteiger charge is 1.97. The Hall–Kier alpha value is -0.700. The van der Waals surface area contributed by atoms with Crippen molar-refractivity contribution in [3.63, 3.8) is 0 Å². The Kier molecular flexibility index (Phi) is 3.03. The molecule has 0 saturated heterocycles. The van der Waals surface area contributed by atoms with Gasteiger partial charge in [-0.05, 0) is 19.1 Å². The molecule has 0 aromatic rings. The molecule has 0 rings (SSSR count). The van der Waals surface area contributed by atoms with E-state index in [4.69, 9.17) is 0 Å². The summed E-state index contributed by atoms with van der Waals surface area (Å²) < 4.78 is 4.25. The Labute approximate surface area is 53.1 Å². The smallest absolute Gasteiger partial charge is 0.338 e. The maximum Gasteiger partial charge on any atom is 0.338 e. The Balaban J connectivity index is 3.65. The van der Waals surface area contributed by atoms with E-state index in [-0.39, 0.29) is 0 Å². The second-order valence-electron chi connectivity index (χ2n) is 1.28. The van der Waals surface area contributed by atoms with E-state index in [1.165, 1.54) is 0 Å². The van der Waals surface area contributed by atoms with Crippen LogP contribution in [0.5, 0.6) is 0 Å². The van der Waals surface area contributed by atoms with Crippen LogP contribution in [0.2, 0.25) is 0 Å². The van der Waals surface area contributed by atoms with Crippen molar-refractivity contribution in [2.75, 3.05) is 0 Å². The van der Waals surface area contributed by atoms with Gasteiger partial charge in [0.1, 0.15) is 0 Å². The number of carbonyl (C=O) groups is 1.